The molecule has 0 saturated carbocycles. The molecule has 0 saturated heterocycles. The summed E-state index contributed by atoms with van der Waals surface area (Å²) in [5.74, 6) is -1.38. The number of ether oxygens (including phenoxy) is 1. The van der Waals surface area contributed by atoms with Crippen molar-refractivity contribution >= 4 is 29.3 Å². The Kier molecular flexibility index (Phi) is 5.90. The minimum atomic E-state index is -0.712. The number of urea groups is 1. The Morgan fingerprint density at radius 2 is 1.62 bits per heavy atom. The van der Waals surface area contributed by atoms with Crippen molar-refractivity contribution in [3.05, 3.63) is 60.2 Å². The third kappa shape index (κ3) is 4.84. The van der Waals surface area contributed by atoms with Crippen molar-refractivity contribution in [2.24, 2.45) is 0 Å². The van der Waals surface area contributed by atoms with Gasteiger partial charge in [0.15, 0.2) is 6.61 Å². The fourth-order valence-electron chi connectivity index (χ4n) is 1.88. The first-order valence-corrected chi connectivity index (χ1v) is 7.20. The van der Waals surface area contributed by atoms with E-state index in [1.807, 2.05) is 35.6 Å². The Hall–Kier alpha value is -3.35. The Bertz CT molecular complexity index is 732. The van der Waals surface area contributed by atoms with E-state index in [0.29, 0.717) is 5.69 Å². The molecule has 3 amide bonds. The van der Waals surface area contributed by atoms with Crippen molar-refractivity contribution in [3.8, 4) is 0 Å². The lowest BCUT2D eigenvalue weighted by Gasteiger charge is -2.11. The van der Waals surface area contributed by atoms with Gasteiger partial charge < -0.3 is 15.4 Å². The number of imide groups is 1. The lowest BCUT2D eigenvalue weighted by atomic mass is 10.1. The molecule has 0 spiro atoms. The molecular weight excluding hydrogens is 310 g/mol. The highest BCUT2D eigenvalue weighted by Crippen LogP contribution is 2.21. The predicted octanol–water partition coefficient (Wildman–Crippen LogP) is 2.04. The second-order valence-electron chi connectivity index (χ2n) is 4.74. The van der Waals surface area contributed by atoms with Crippen LogP contribution in [0.5, 0.6) is 0 Å². The lowest BCUT2D eigenvalue weighted by molar-refractivity contribution is -0.123. The van der Waals surface area contributed by atoms with Crippen LogP contribution in [0.2, 0.25) is 0 Å². The molecule has 0 radical (unpaired) electrons. The molecule has 0 bridgehead atoms. The van der Waals surface area contributed by atoms with Crippen LogP contribution in [-0.4, -0.2) is 31.6 Å². The van der Waals surface area contributed by atoms with Crippen LogP contribution in [-0.2, 0) is 9.53 Å². The summed E-state index contributed by atoms with van der Waals surface area (Å²) in [6.45, 7) is -0.550. The Morgan fingerprint density at radius 1 is 0.958 bits per heavy atom. The van der Waals surface area contributed by atoms with Gasteiger partial charge in [-0.25, -0.2) is 9.59 Å². The number of hydrogen-bond donors (Lipinski definition) is 3. The molecule has 2 aromatic carbocycles. The molecule has 0 unspecified atom stereocenters. The van der Waals surface area contributed by atoms with Gasteiger partial charge in [0.2, 0.25) is 0 Å². The summed E-state index contributed by atoms with van der Waals surface area (Å²) < 4.78 is 4.94. The molecule has 0 aromatic heterocycles. The van der Waals surface area contributed by atoms with Gasteiger partial charge in [-0.15, -0.1) is 0 Å². The maximum Gasteiger partial charge on any atom is 0.340 e. The monoisotopic (exact) mass is 327 g/mol. The lowest BCUT2D eigenvalue weighted by Crippen LogP contribution is -2.39. The molecule has 2 aromatic rings. The number of carbonyl (C=O) groups is 3. The van der Waals surface area contributed by atoms with Crippen LogP contribution in [0, 0.1) is 0 Å². The highest BCUT2D eigenvalue weighted by atomic mass is 16.5. The first-order valence-electron chi connectivity index (χ1n) is 7.20. The van der Waals surface area contributed by atoms with Crippen LogP contribution in [0.4, 0.5) is 16.2 Å². The molecule has 0 heterocycles. The number of anilines is 2. The van der Waals surface area contributed by atoms with E-state index in [1.54, 1.807) is 24.3 Å². The van der Waals surface area contributed by atoms with Crippen molar-refractivity contribution < 1.29 is 19.1 Å². The van der Waals surface area contributed by atoms with Crippen LogP contribution in [0.1, 0.15) is 10.4 Å². The van der Waals surface area contributed by atoms with Crippen LogP contribution in [0.3, 0.4) is 0 Å². The first kappa shape index (κ1) is 17.0. The van der Waals surface area contributed by atoms with Gasteiger partial charge >= 0.3 is 12.0 Å². The molecule has 24 heavy (non-hydrogen) atoms. The molecular formula is C17H17N3O4. The van der Waals surface area contributed by atoms with E-state index in [0.717, 1.165) is 5.69 Å². The second-order valence-corrected chi connectivity index (χ2v) is 4.74. The number of hydrogen-bond acceptors (Lipinski definition) is 5. The number of esters is 1. The zero-order chi connectivity index (χ0) is 17.4. The summed E-state index contributed by atoms with van der Waals surface area (Å²) in [6, 6.07) is 15.5. The Morgan fingerprint density at radius 3 is 2.33 bits per heavy atom. The summed E-state index contributed by atoms with van der Waals surface area (Å²) in [5.41, 5.74) is 1.66. The SMILES string of the molecule is CNC(=O)NC(=O)COC(=O)c1ccccc1Nc1ccccc1. The fraction of sp³-hybridized carbons (Fsp3) is 0.118. The summed E-state index contributed by atoms with van der Waals surface area (Å²) in [6.07, 6.45) is 0. The van der Waals surface area contributed by atoms with E-state index < -0.39 is 24.5 Å². The van der Waals surface area contributed by atoms with Gasteiger partial charge in [0.25, 0.3) is 5.91 Å². The van der Waals surface area contributed by atoms with Gasteiger partial charge in [-0.1, -0.05) is 30.3 Å². The average molecular weight is 327 g/mol. The predicted molar refractivity (Wildman–Crippen MR) is 89.0 cm³/mol. The molecule has 7 nitrogen and oxygen atoms in total. The normalized spacial score (nSPS) is 9.71. The largest absolute Gasteiger partial charge is 0.452 e. The fourth-order valence-corrected chi connectivity index (χ4v) is 1.88. The number of carbonyl (C=O) groups excluding carboxylic acids is 3. The van der Waals surface area contributed by atoms with Crippen molar-refractivity contribution in [2.75, 3.05) is 19.0 Å². The Balaban J connectivity index is 2.02. The zero-order valence-corrected chi connectivity index (χ0v) is 13.0. The number of para-hydroxylation sites is 2. The molecule has 7 heteroatoms. The van der Waals surface area contributed by atoms with E-state index in [4.69, 9.17) is 4.74 Å². The van der Waals surface area contributed by atoms with Gasteiger partial charge in [0.1, 0.15) is 0 Å². The van der Waals surface area contributed by atoms with Crippen molar-refractivity contribution in [2.45, 2.75) is 0 Å². The third-order valence-corrected chi connectivity index (χ3v) is 3.01. The van der Waals surface area contributed by atoms with E-state index in [2.05, 4.69) is 10.6 Å². The summed E-state index contributed by atoms with van der Waals surface area (Å²) in [4.78, 5) is 34.6. The average Bonchev–Trinajstić information content (AvgIpc) is 2.61. The minimum absolute atomic E-state index is 0.286. The third-order valence-electron chi connectivity index (χ3n) is 3.01. The number of amides is 3. The van der Waals surface area contributed by atoms with Crippen molar-refractivity contribution in [1.29, 1.82) is 0 Å². The second kappa shape index (κ2) is 8.33. The quantitative estimate of drug-likeness (QED) is 0.730. The molecule has 2 rings (SSSR count). The molecule has 0 aliphatic heterocycles. The van der Waals surface area contributed by atoms with E-state index >= 15 is 0 Å². The van der Waals surface area contributed by atoms with Crippen molar-refractivity contribution in [1.82, 2.24) is 10.6 Å². The van der Waals surface area contributed by atoms with E-state index in [9.17, 15) is 14.4 Å². The molecule has 0 atom stereocenters. The smallest absolute Gasteiger partial charge is 0.340 e. The van der Waals surface area contributed by atoms with Gasteiger partial charge in [0, 0.05) is 12.7 Å². The standard InChI is InChI=1S/C17H17N3O4/c1-18-17(23)20-15(21)11-24-16(22)13-9-5-6-10-14(13)19-12-7-3-2-4-8-12/h2-10,19H,11H2,1H3,(H2,18,20,21,23). The maximum absolute atomic E-state index is 12.2. The molecule has 0 aliphatic rings. The van der Waals surface area contributed by atoms with Crippen LogP contribution in [0.15, 0.2) is 54.6 Å². The summed E-state index contributed by atoms with van der Waals surface area (Å²) in [7, 11) is 1.38. The highest BCUT2D eigenvalue weighted by Gasteiger charge is 2.15. The zero-order valence-electron chi connectivity index (χ0n) is 13.0. The van der Waals surface area contributed by atoms with Crippen molar-refractivity contribution in [3.63, 3.8) is 0 Å². The number of rotatable bonds is 5. The van der Waals surface area contributed by atoms with E-state index in [1.165, 1.54) is 7.05 Å². The number of nitrogens with one attached hydrogen (secondary N) is 3. The molecule has 3 N–H and O–H groups in total. The summed E-state index contributed by atoms with van der Waals surface area (Å²) in [5, 5.41) is 7.36. The number of benzene rings is 2. The Labute approximate surface area is 139 Å². The van der Waals surface area contributed by atoms with Crippen LogP contribution >= 0.6 is 0 Å². The van der Waals surface area contributed by atoms with Crippen LogP contribution in [0.25, 0.3) is 0 Å². The van der Waals surface area contributed by atoms with Gasteiger partial charge in [0.05, 0.1) is 11.3 Å². The van der Waals surface area contributed by atoms with Crippen LogP contribution < -0.4 is 16.0 Å². The maximum atomic E-state index is 12.2. The summed E-state index contributed by atoms with van der Waals surface area (Å²) >= 11 is 0. The first-order chi connectivity index (χ1) is 11.6. The molecule has 0 fully saturated rings. The topological polar surface area (TPSA) is 96.5 Å². The minimum Gasteiger partial charge on any atom is -0.452 e. The van der Waals surface area contributed by atoms with Gasteiger partial charge in [-0.2, -0.15) is 0 Å². The van der Waals surface area contributed by atoms with Gasteiger partial charge in [-0.3, -0.25) is 10.1 Å². The highest BCUT2D eigenvalue weighted by molar-refractivity contribution is 5.99. The molecule has 0 aliphatic carbocycles. The van der Waals surface area contributed by atoms with Gasteiger partial charge in [-0.05, 0) is 24.3 Å². The molecule has 124 valence electrons. The van der Waals surface area contributed by atoms with E-state index in [-0.39, 0.29) is 5.56 Å².